The second-order valence-corrected chi connectivity index (χ2v) is 4.81. The first-order valence-electron chi connectivity index (χ1n) is 5.31. The van der Waals surface area contributed by atoms with Crippen molar-refractivity contribution in [3.05, 3.63) is 40.3 Å². The molecule has 0 amide bonds. The van der Waals surface area contributed by atoms with Crippen LogP contribution in [0.15, 0.2) is 24.4 Å². The number of nitrogens with one attached hydrogen (secondary N) is 1. The topological polar surface area (TPSA) is 54.7 Å². The van der Waals surface area contributed by atoms with Crippen molar-refractivity contribution < 1.29 is 0 Å². The molecule has 0 aliphatic heterocycles. The molecule has 17 heavy (non-hydrogen) atoms. The Morgan fingerprint density at radius 3 is 2.88 bits per heavy atom. The van der Waals surface area contributed by atoms with Crippen molar-refractivity contribution in [2.24, 2.45) is 5.73 Å². The van der Waals surface area contributed by atoms with Gasteiger partial charge < -0.3 is 10.7 Å². The van der Waals surface area contributed by atoms with Crippen LogP contribution in [0.3, 0.4) is 0 Å². The lowest BCUT2D eigenvalue weighted by Gasteiger charge is -2.03. The molecule has 90 valence electrons. The van der Waals surface area contributed by atoms with Crippen molar-refractivity contribution in [3.8, 4) is 11.3 Å². The van der Waals surface area contributed by atoms with Gasteiger partial charge in [-0.15, -0.1) is 0 Å². The maximum Gasteiger partial charge on any atom is 0.108 e. The molecule has 0 radical (unpaired) electrons. The minimum absolute atomic E-state index is 0.0730. The van der Waals surface area contributed by atoms with Gasteiger partial charge in [0.2, 0.25) is 0 Å². The minimum Gasteiger partial charge on any atom is -0.342 e. The van der Waals surface area contributed by atoms with E-state index in [0.29, 0.717) is 16.5 Å². The van der Waals surface area contributed by atoms with Crippen LogP contribution in [0.1, 0.15) is 12.7 Å². The normalized spacial score (nSPS) is 12.7. The van der Waals surface area contributed by atoms with Crippen molar-refractivity contribution in [2.45, 2.75) is 19.4 Å². The standard InChI is InChI=1S/C12H13Cl2N3/c1-7(15)5-11-16-6-10(17-11)8-3-2-4-9(13)12(8)14/h2-4,6-7H,5,15H2,1H3,(H,16,17). The van der Waals surface area contributed by atoms with Crippen LogP contribution >= 0.6 is 23.2 Å². The predicted octanol–water partition coefficient (Wildman–Crippen LogP) is 3.27. The van der Waals surface area contributed by atoms with Crippen LogP contribution in [0, 0.1) is 0 Å². The zero-order valence-electron chi connectivity index (χ0n) is 9.37. The molecule has 1 atom stereocenters. The maximum atomic E-state index is 6.14. The summed E-state index contributed by atoms with van der Waals surface area (Å²) < 4.78 is 0. The van der Waals surface area contributed by atoms with E-state index >= 15 is 0 Å². The second kappa shape index (κ2) is 5.08. The number of nitrogens with two attached hydrogens (primary N) is 1. The highest BCUT2D eigenvalue weighted by molar-refractivity contribution is 6.43. The van der Waals surface area contributed by atoms with E-state index in [1.165, 1.54) is 0 Å². The Labute approximate surface area is 110 Å². The lowest BCUT2D eigenvalue weighted by atomic mass is 10.2. The van der Waals surface area contributed by atoms with Gasteiger partial charge in [-0.3, -0.25) is 0 Å². The summed E-state index contributed by atoms with van der Waals surface area (Å²) in [5, 5.41) is 1.07. The SMILES string of the molecule is CC(N)Cc1ncc(-c2cccc(Cl)c2Cl)[nH]1. The van der Waals surface area contributed by atoms with Gasteiger partial charge in [0.1, 0.15) is 5.82 Å². The molecule has 0 saturated heterocycles. The molecule has 3 N–H and O–H groups in total. The van der Waals surface area contributed by atoms with Crippen molar-refractivity contribution in [3.63, 3.8) is 0 Å². The molecule has 0 bridgehead atoms. The van der Waals surface area contributed by atoms with E-state index in [1.54, 1.807) is 12.3 Å². The molecule has 1 aromatic carbocycles. The van der Waals surface area contributed by atoms with Crippen LogP contribution in [0.25, 0.3) is 11.3 Å². The van der Waals surface area contributed by atoms with Gasteiger partial charge >= 0.3 is 0 Å². The molecule has 0 aliphatic rings. The fourth-order valence-corrected chi connectivity index (χ4v) is 2.02. The zero-order chi connectivity index (χ0) is 12.4. The number of rotatable bonds is 3. The quantitative estimate of drug-likeness (QED) is 0.899. The number of aromatic nitrogens is 2. The molecule has 3 nitrogen and oxygen atoms in total. The average molecular weight is 270 g/mol. The van der Waals surface area contributed by atoms with Crippen molar-refractivity contribution in [1.29, 1.82) is 0 Å². The number of aromatic amines is 1. The summed E-state index contributed by atoms with van der Waals surface area (Å²) in [6.07, 6.45) is 2.45. The third-order valence-electron chi connectivity index (χ3n) is 2.39. The van der Waals surface area contributed by atoms with Gasteiger partial charge in [0.15, 0.2) is 0 Å². The van der Waals surface area contributed by atoms with Crippen molar-refractivity contribution in [2.75, 3.05) is 0 Å². The first-order valence-corrected chi connectivity index (χ1v) is 6.07. The van der Waals surface area contributed by atoms with Gasteiger partial charge in [0.25, 0.3) is 0 Å². The molecular formula is C12H13Cl2N3. The molecule has 1 aromatic heterocycles. The highest BCUT2D eigenvalue weighted by atomic mass is 35.5. The molecule has 0 spiro atoms. The minimum atomic E-state index is 0.0730. The number of benzene rings is 1. The molecule has 2 rings (SSSR count). The lowest BCUT2D eigenvalue weighted by molar-refractivity contribution is 0.710. The van der Waals surface area contributed by atoms with E-state index in [1.807, 2.05) is 19.1 Å². The summed E-state index contributed by atoms with van der Waals surface area (Å²) in [6.45, 7) is 1.94. The van der Waals surface area contributed by atoms with E-state index < -0.39 is 0 Å². The molecular weight excluding hydrogens is 257 g/mol. The van der Waals surface area contributed by atoms with Gasteiger partial charge in [-0.2, -0.15) is 0 Å². The number of nitrogens with zero attached hydrogens (tertiary/aromatic N) is 1. The Hall–Kier alpha value is -1.03. The summed E-state index contributed by atoms with van der Waals surface area (Å²) in [6, 6.07) is 5.59. The summed E-state index contributed by atoms with van der Waals surface area (Å²) in [4.78, 5) is 7.46. The number of hydrogen-bond acceptors (Lipinski definition) is 2. The average Bonchev–Trinajstić information content (AvgIpc) is 2.69. The molecule has 1 unspecified atom stereocenters. The number of H-pyrrole nitrogens is 1. The lowest BCUT2D eigenvalue weighted by Crippen LogP contribution is -2.18. The van der Waals surface area contributed by atoms with Gasteiger partial charge in [0.05, 0.1) is 21.9 Å². The Morgan fingerprint density at radius 1 is 1.41 bits per heavy atom. The summed E-state index contributed by atoms with van der Waals surface area (Å²) in [5.41, 5.74) is 7.42. The van der Waals surface area contributed by atoms with Gasteiger partial charge in [0, 0.05) is 18.0 Å². The van der Waals surface area contributed by atoms with Crippen LogP contribution in [0.2, 0.25) is 10.0 Å². The zero-order valence-corrected chi connectivity index (χ0v) is 10.9. The van der Waals surface area contributed by atoms with Crippen molar-refractivity contribution in [1.82, 2.24) is 9.97 Å². The summed E-state index contributed by atoms with van der Waals surface area (Å²) >= 11 is 12.1. The van der Waals surface area contributed by atoms with Gasteiger partial charge in [-0.1, -0.05) is 35.3 Å². The van der Waals surface area contributed by atoms with Crippen LogP contribution in [0.5, 0.6) is 0 Å². The molecule has 1 heterocycles. The third-order valence-corrected chi connectivity index (χ3v) is 3.20. The van der Waals surface area contributed by atoms with E-state index in [0.717, 1.165) is 17.1 Å². The van der Waals surface area contributed by atoms with Gasteiger partial charge in [-0.25, -0.2) is 4.98 Å². The fourth-order valence-electron chi connectivity index (χ4n) is 1.62. The van der Waals surface area contributed by atoms with Crippen LogP contribution in [-0.2, 0) is 6.42 Å². The van der Waals surface area contributed by atoms with E-state index in [-0.39, 0.29) is 6.04 Å². The van der Waals surface area contributed by atoms with Crippen LogP contribution in [0.4, 0.5) is 0 Å². The van der Waals surface area contributed by atoms with E-state index in [2.05, 4.69) is 9.97 Å². The molecule has 0 saturated carbocycles. The second-order valence-electron chi connectivity index (χ2n) is 4.03. The highest BCUT2D eigenvalue weighted by Crippen LogP contribution is 2.32. The maximum absolute atomic E-state index is 6.14. The van der Waals surface area contributed by atoms with Crippen LogP contribution in [-0.4, -0.2) is 16.0 Å². The summed E-state index contributed by atoms with van der Waals surface area (Å²) in [7, 11) is 0. The monoisotopic (exact) mass is 269 g/mol. The number of halogens is 2. The first kappa shape index (κ1) is 12.4. The third kappa shape index (κ3) is 2.80. The molecule has 0 fully saturated rings. The predicted molar refractivity (Wildman–Crippen MR) is 71.4 cm³/mol. The fraction of sp³-hybridized carbons (Fsp3) is 0.250. The highest BCUT2D eigenvalue weighted by Gasteiger charge is 2.10. The molecule has 2 aromatic rings. The molecule has 5 heteroatoms. The number of hydrogen-bond donors (Lipinski definition) is 2. The Bertz CT molecular complexity index is 520. The van der Waals surface area contributed by atoms with E-state index in [9.17, 15) is 0 Å². The number of imidazole rings is 1. The first-order chi connectivity index (χ1) is 8.08. The Kier molecular flexibility index (Phi) is 3.72. The van der Waals surface area contributed by atoms with Crippen LogP contribution < -0.4 is 5.73 Å². The van der Waals surface area contributed by atoms with E-state index in [4.69, 9.17) is 28.9 Å². The van der Waals surface area contributed by atoms with Crippen molar-refractivity contribution >= 4 is 23.2 Å². The summed E-state index contributed by atoms with van der Waals surface area (Å²) in [5.74, 6) is 0.853. The smallest absolute Gasteiger partial charge is 0.108 e. The Balaban J connectivity index is 2.34. The largest absolute Gasteiger partial charge is 0.342 e. The van der Waals surface area contributed by atoms with Gasteiger partial charge in [-0.05, 0) is 13.0 Å². The molecule has 0 aliphatic carbocycles. The Morgan fingerprint density at radius 2 is 2.18 bits per heavy atom.